The van der Waals surface area contributed by atoms with Gasteiger partial charge in [-0.25, -0.2) is 0 Å². The van der Waals surface area contributed by atoms with Crippen molar-refractivity contribution in [2.24, 2.45) is 0 Å². The number of aliphatic hydroxyl groups is 1. The van der Waals surface area contributed by atoms with Crippen LogP contribution in [0.15, 0.2) is 18.2 Å². The zero-order valence-corrected chi connectivity index (χ0v) is 6.28. The van der Waals surface area contributed by atoms with Gasteiger partial charge in [-0.15, -0.1) is 0 Å². The average molecular weight is 156 g/mol. The lowest BCUT2D eigenvalue weighted by Crippen LogP contribution is -1.88. The zero-order chi connectivity index (χ0) is 8.85. The second-order valence-corrected chi connectivity index (χ2v) is 1.82. The first kappa shape index (κ1) is 9.58. The van der Waals surface area contributed by atoms with Gasteiger partial charge >= 0.3 is 0 Å². The SMILES string of the molecule is CO.Nc1ccc(N)c(O)c1. The third-order valence-electron chi connectivity index (χ3n) is 1.05. The van der Waals surface area contributed by atoms with Crippen molar-refractivity contribution in [3.63, 3.8) is 0 Å². The highest BCUT2D eigenvalue weighted by Crippen LogP contribution is 2.21. The Kier molecular flexibility index (Phi) is 3.84. The summed E-state index contributed by atoms with van der Waals surface area (Å²) in [5.74, 6) is 0.0370. The predicted octanol–water partition coefficient (Wildman–Crippen LogP) is 0.165. The molecule has 62 valence electrons. The number of anilines is 2. The van der Waals surface area contributed by atoms with Crippen molar-refractivity contribution in [3.8, 4) is 5.75 Å². The van der Waals surface area contributed by atoms with Crippen molar-refractivity contribution in [2.75, 3.05) is 18.6 Å². The van der Waals surface area contributed by atoms with E-state index in [1.54, 1.807) is 12.1 Å². The van der Waals surface area contributed by atoms with Gasteiger partial charge in [0.25, 0.3) is 0 Å². The summed E-state index contributed by atoms with van der Waals surface area (Å²) < 4.78 is 0. The van der Waals surface area contributed by atoms with Gasteiger partial charge < -0.3 is 21.7 Å². The molecule has 0 unspecified atom stereocenters. The summed E-state index contributed by atoms with van der Waals surface area (Å²) in [6, 6.07) is 4.61. The average Bonchev–Trinajstić information content (AvgIpc) is 2.02. The molecule has 0 bridgehead atoms. The minimum Gasteiger partial charge on any atom is -0.506 e. The third-order valence-corrected chi connectivity index (χ3v) is 1.05. The molecule has 0 atom stereocenters. The lowest BCUT2D eigenvalue weighted by molar-refractivity contribution is 0.399. The minimum absolute atomic E-state index is 0.0370. The maximum Gasteiger partial charge on any atom is 0.140 e. The Labute approximate surface area is 65.1 Å². The molecule has 0 aliphatic rings. The van der Waals surface area contributed by atoms with Crippen molar-refractivity contribution < 1.29 is 10.2 Å². The van der Waals surface area contributed by atoms with Gasteiger partial charge in [-0.05, 0) is 12.1 Å². The topological polar surface area (TPSA) is 92.5 Å². The number of hydrogen-bond acceptors (Lipinski definition) is 4. The van der Waals surface area contributed by atoms with Crippen LogP contribution in [0, 0.1) is 0 Å². The van der Waals surface area contributed by atoms with Gasteiger partial charge in [0.15, 0.2) is 0 Å². The number of phenols is 1. The van der Waals surface area contributed by atoms with Gasteiger partial charge in [-0.2, -0.15) is 0 Å². The zero-order valence-electron chi connectivity index (χ0n) is 6.28. The Balaban J connectivity index is 0.000000461. The molecule has 0 heterocycles. The summed E-state index contributed by atoms with van der Waals surface area (Å²) in [7, 11) is 1.00. The van der Waals surface area contributed by atoms with Gasteiger partial charge in [0.2, 0.25) is 0 Å². The van der Waals surface area contributed by atoms with Crippen molar-refractivity contribution in [2.45, 2.75) is 0 Å². The maximum absolute atomic E-state index is 8.90. The van der Waals surface area contributed by atoms with E-state index in [-0.39, 0.29) is 5.75 Å². The van der Waals surface area contributed by atoms with Gasteiger partial charge in [0, 0.05) is 18.9 Å². The molecule has 1 rings (SSSR count). The second-order valence-electron chi connectivity index (χ2n) is 1.82. The molecule has 6 N–H and O–H groups in total. The molecule has 4 nitrogen and oxygen atoms in total. The Hall–Kier alpha value is -1.42. The van der Waals surface area contributed by atoms with E-state index >= 15 is 0 Å². The van der Waals surface area contributed by atoms with Gasteiger partial charge in [0.05, 0.1) is 5.69 Å². The van der Waals surface area contributed by atoms with E-state index in [4.69, 9.17) is 21.7 Å². The first-order valence-electron chi connectivity index (χ1n) is 2.99. The van der Waals surface area contributed by atoms with E-state index in [9.17, 15) is 0 Å². The van der Waals surface area contributed by atoms with E-state index < -0.39 is 0 Å². The van der Waals surface area contributed by atoms with Gasteiger partial charge in [-0.3, -0.25) is 0 Å². The largest absolute Gasteiger partial charge is 0.506 e. The molecule has 0 aliphatic heterocycles. The highest BCUT2D eigenvalue weighted by Gasteiger charge is 1.93. The van der Waals surface area contributed by atoms with E-state index in [0.717, 1.165) is 7.11 Å². The molecular weight excluding hydrogens is 144 g/mol. The Morgan fingerprint density at radius 1 is 1.18 bits per heavy atom. The molecule has 0 aromatic heterocycles. The quantitative estimate of drug-likeness (QED) is 0.318. The van der Waals surface area contributed by atoms with Crippen molar-refractivity contribution in [1.29, 1.82) is 0 Å². The maximum atomic E-state index is 8.90. The van der Waals surface area contributed by atoms with E-state index in [1.165, 1.54) is 6.07 Å². The fourth-order valence-corrected chi connectivity index (χ4v) is 0.561. The standard InChI is InChI=1S/C6H8N2O.CH4O/c7-4-1-2-5(8)6(9)3-4;1-2/h1-3,9H,7-8H2;2H,1H3. The predicted molar refractivity (Wildman–Crippen MR) is 45.1 cm³/mol. The highest BCUT2D eigenvalue weighted by molar-refractivity contribution is 5.58. The van der Waals surface area contributed by atoms with Crippen LogP contribution in [0.1, 0.15) is 0 Å². The fourth-order valence-electron chi connectivity index (χ4n) is 0.561. The summed E-state index contributed by atoms with van der Waals surface area (Å²) in [5.41, 5.74) is 11.5. The number of aliphatic hydroxyl groups excluding tert-OH is 1. The van der Waals surface area contributed by atoms with Crippen LogP contribution >= 0.6 is 0 Å². The third kappa shape index (κ3) is 2.77. The van der Waals surface area contributed by atoms with Crippen LogP contribution < -0.4 is 11.5 Å². The van der Waals surface area contributed by atoms with Gasteiger partial charge in [-0.1, -0.05) is 0 Å². The monoisotopic (exact) mass is 156 g/mol. The molecule has 0 aliphatic carbocycles. The Morgan fingerprint density at radius 2 is 1.73 bits per heavy atom. The molecule has 0 saturated carbocycles. The molecule has 4 heteroatoms. The van der Waals surface area contributed by atoms with E-state index in [0.29, 0.717) is 11.4 Å². The van der Waals surface area contributed by atoms with Gasteiger partial charge in [0.1, 0.15) is 5.75 Å². The number of phenolic OH excluding ortho intramolecular Hbond substituents is 1. The Morgan fingerprint density at radius 3 is 2.09 bits per heavy atom. The molecule has 0 amide bonds. The van der Waals surface area contributed by atoms with Crippen molar-refractivity contribution >= 4 is 11.4 Å². The number of benzene rings is 1. The molecule has 0 saturated heterocycles. The highest BCUT2D eigenvalue weighted by atomic mass is 16.3. The summed E-state index contributed by atoms with van der Waals surface area (Å²) in [4.78, 5) is 0. The summed E-state index contributed by atoms with van der Waals surface area (Å²) in [5, 5.41) is 15.9. The molecule has 0 radical (unpaired) electrons. The summed E-state index contributed by atoms with van der Waals surface area (Å²) in [6.07, 6.45) is 0. The molecule has 1 aromatic rings. The van der Waals surface area contributed by atoms with Crippen LogP contribution in [0.4, 0.5) is 11.4 Å². The second kappa shape index (κ2) is 4.40. The molecule has 11 heavy (non-hydrogen) atoms. The number of nitrogen functional groups attached to an aromatic ring is 2. The van der Waals surface area contributed by atoms with Crippen molar-refractivity contribution in [3.05, 3.63) is 18.2 Å². The molecule has 0 spiro atoms. The number of hydrogen-bond donors (Lipinski definition) is 4. The normalized spacial score (nSPS) is 8.18. The lowest BCUT2D eigenvalue weighted by Gasteiger charge is -1.97. The molecular formula is C7H12N2O2. The van der Waals surface area contributed by atoms with Crippen LogP contribution in [0.2, 0.25) is 0 Å². The van der Waals surface area contributed by atoms with Crippen LogP contribution in [-0.2, 0) is 0 Å². The number of rotatable bonds is 0. The fraction of sp³-hybridized carbons (Fsp3) is 0.143. The number of nitrogens with two attached hydrogens (primary N) is 2. The van der Waals surface area contributed by atoms with Crippen molar-refractivity contribution in [1.82, 2.24) is 0 Å². The number of aromatic hydroxyl groups is 1. The van der Waals surface area contributed by atoms with Crippen LogP contribution in [-0.4, -0.2) is 17.3 Å². The van der Waals surface area contributed by atoms with E-state index in [2.05, 4.69) is 0 Å². The minimum atomic E-state index is 0.0370. The summed E-state index contributed by atoms with van der Waals surface area (Å²) in [6.45, 7) is 0. The first-order valence-corrected chi connectivity index (χ1v) is 2.99. The van der Waals surface area contributed by atoms with E-state index in [1.807, 2.05) is 0 Å². The molecule has 1 aromatic carbocycles. The Bertz CT molecular complexity index is 226. The summed E-state index contributed by atoms with van der Waals surface area (Å²) >= 11 is 0. The van der Waals surface area contributed by atoms with Crippen LogP contribution in [0.25, 0.3) is 0 Å². The van der Waals surface area contributed by atoms with Crippen LogP contribution in [0.5, 0.6) is 5.75 Å². The van der Waals surface area contributed by atoms with Crippen LogP contribution in [0.3, 0.4) is 0 Å². The first-order chi connectivity index (χ1) is 5.20. The lowest BCUT2D eigenvalue weighted by atomic mass is 10.3. The smallest absolute Gasteiger partial charge is 0.140 e. The molecule has 0 fully saturated rings.